The summed E-state index contributed by atoms with van der Waals surface area (Å²) in [6.45, 7) is 9.08. The molecule has 1 aliphatic rings. The Morgan fingerprint density at radius 3 is 2.50 bits per heavy atom. The van der Waals surface area contributed by atoms with E-state index in [4.69, 9.17) is 5.11 Å². The summed E-state index contributed by atoms with van der Waals surface area (Å²) in [5, 5.41) is 8.94. The zero-order chi connectivity index (χ0) is 10.8. The molecule has 1 aliphatic carbocycles. The van der Waals surface area contributed by atoms with Crippen LogP contribution in [0.4, 0.5) is 0 Å². The van der Waals surface area contributed by atoms with E-state index in [0.29, 0.717) is 5.41 Å². The topological polar surface area (TPSA) is 20.2 Å². The second-order valence-corrected chi connectivity index (χ2v) is 5.30. The van der Waals surface area contributed by atoms with E-state index in [1.165, 1.54) is 0 Å². The Balaban J connectivity index is 2.69. The van der Waals surface area contributed by atoms with Crippen molar-refractivity contribution < 1.29 is 5.11 Å². The SMILES string of the molecule is C/C(=C\CC1(C)CC=CC1(C)C)CO. The molecule has 80 valence electrons. The van der Waals surface area contributed by atoms with Crippen molar-refractivity contribution in [1.29, 1.82) is 0 Å². The van der Waals surface area contributed by atoms with Crippen molar-refractivity contribution in [3.8, 4) is 0 Å². The summed E-state index contributed by atoms with van der Waals surface area (Å²) in [6.07, 6.45) is 8.97. The highest BCUT2D eigenvalue weighted by Crippen LogP contribution is 2.50. The molecule has 0 heterocycles. The minimum absolute atomic E-state index is 0.184. The zero-order valence-corrected chi connectivity index (χ0v) is 9.80. The lowest BCUT2D eigenvalue weighted by molar-refractivity contribution is 0.166. The van der Waals surface area contributed by atoms with Crippen LogP contribution in [0.15, 0.2) is 23.8 Å². The van der Waals surface area contributed by atoms with Gasteiger partial charge in [-0.25, -0.2) is 0 Å². The lowest BCUT2D eigenvalue weighted by Gasteiger charge is -2.37. The van der Waals surface area contributed by atoms with Crippen LogP contribution in [0.25, 0.3) is 0 Å². The summed E-state index contributed by atoms with van der Waals surface area (Å²) in [5.74, 6) is 0. The van der Waals surface area contributed by atoms with Crippen LogP contribution in [-0.4, -0.2) is 11.7 Å². The molecular weight excluding hydrogens is 172 g/mol. The summed E-state index contributed by atoms with van der Waals surface area (Å²) >= 11 is 0. The average molecular weight is 194 g/mol. The maximum Gasteiger partial charge on any atom is 0.0639 e. The predicted molar refractivity (Wildman–Crippen MR) is 61.1 cm³/mol. The lowest BCUT2D eigenvalue weighted by atomic mass is 9.67. The summed E-state index contributed by atoms with van der Waals surface area (Å²) in [6, 6.07) is 0. The van der Waals surface area contributed by atoms with Gasteiger partial charge in [-0.15, -0.1) is 0 Å². The molecule has 0 aromatic heterocycles. The minimum atomic E-state index is 0.184. The van der Waals surface area contributed by atoms with Crippen LogP contribution in [0, 0.1) is 10.8 Å². The van der Waals surface area contributed by atoms with Gasteiger partial charge in [-0.2, -0.15) is 0 Å². The first kappa shape index (κ1) is 11.5. The van der Waals surface area contributed by atoms with Crippen LogP contribution in [-0.2, 0) is 0 Å². The van der Waals surface area contributed by atoms with Crippen molar-refractivity contribution in [3.63, 3.8) is 0 Å². The van der Waals surface area contributed by atoms with Crippen molar-refractivity contribution in [3.05, 3.63) is 23.8 Å². The van der Waals surface area contributed by atoms with E-state index < -0.39 is 0 Å². The Morgan fingerprint density at radius 2 is 2.07 bits per heavy atom. The number of aliphatic hydroxyl groups is 1. The summed E-state index contributed by atoms with van der Waals surface area (Å²) in [4.78, 5) is 0. The molecular formula is C13H22O. The molecule has 14 heavy (non-hydrogen) atoms. The smallest absolute Gasteiger partial charge is 0.0639 e. The van der Waals surface area contributed by atoms with Crippen LogP contribution in [0.1, 0.15) is 40.5 Å². The molecule has 1 rings (SSSR count). The van der Waals surface area contributed by atoms with Crippen LogP contribution in [0.5, 0.6) is 0 Å². The van der Waals surface area contributed by atoms with Crippen molar-refractivity contribution in [1.82, 2.24) is 0 Å². The normalized spacial score (nSPS) is 31.1. The minimum Gasteiger partial charge on any atom is -0.392 e. The molecule has 1 nitrogen and oxygen atoms in total. The largest absolute Gasteiger partial charge is 0.392 e. The Kier molecular flexibility index (Phi) is 3.20. The van der Waals surface area contributed by atoms with Gasteiger partial charge in [0.1, 0.15) is 0 Å². The molecule has 0 saturated carbocycles. The maximum absolute atomic E-state index is 8.94. The molecule has 1 N–H and O–H groups in total. The first-order valence-corrected chi connectivity index (χ1v) is 5.35. The van der Waals surface area contributed by atoms with Gasteiger partial charge in [0.15, 0.2) is 0 Å². The Hall–Kier alpha value is -0.560. The molecule has 0 amide bonds. The highest BCUT2D eigenvalue weighted by molar-refractivity contribution is 5.15. The summed E-state index contributed by atoms with van der Waals surface area (Å²) < 4.78 is 0. The van der Waals surface area contributed by atoms with Gasteiger partial charge in [-0.05, 0) is 30.6 Å². The number of allylic oxidation sites excluding steroid dienone is 3. The van der Waals surface area contributed by atoms with Gasteiger partial charge in [-0.1, -0.05) is 44.6 Å². The van der Waals surface area contributed by atoms with E-state index in [1.54, 1.807) is 0 Å². The average Bonchev–Trinajstić information content (AvgIpc) is 2.38. The molecule has 1 atom stereocenters. The van der Waals surface area contributed by atoms with E-state index in [-0.39, 0.29) is 12.0 Å². The fourth-order valence-electron chi connectivity index (χ4n) is 1.89. The van der Waals surface area contributed by atoms with Crippen molar-refractivity contribution in [2.24, 2.45) is 10.8 Å². The summed E-state index contributed by atoms with van der Waals surface area (Å²) in [7, 11) is 0. The van der Waals surface area contributed by atoms with Crippen molar-refractivity contribution in [2.45, 2.75) is 40.5 Å². The van der Waals surface area contributed by atoms with E-state index in [0.717, 1.165) is 18.4 Å². The van der Waals surface area contributed by atoms with Gasteiger partial charge < -0.3 is 5.11 Å². The molecule has 0 aromatic carbocycles. The van der Waals surface area contributed by atoms with Crippen LogP contribution in [0.3, 0.4) is 0 Å². The summed E-state index contributed by atoms with van der Waals surface area (Å²) in [5.41, 5.74) is 1.68. The highest BCUT2D eigenvalue weighted by atomic mass is 16.3. The first-order chi connectivity index (χ1) is 6.41. The maximum atomic E-state index is 8.94. The second kappa shape index (κ2) is 3.90. The number of hydrogen-bond acceptors (Lipinski definition) is 1. The van der Waals surface area contributed by atoms with Gasteiger partial charge in [0.05, 0.1) is 6.61 Å². The Bertz CT molecular complexity index is 260. The molecule has 1 heteroatoms. The number of hydrogen-bond donors (Lipinski definition) is 1. The predicted octanol–water partition coefficient (Wildman–Crippen LogP) is 3.31. The van der Waals surface area contributed by atoms with Crippen molar-refractivity contribution >= 4 is 0 Å². The van der Waals surface area contributed by atoms with Gasteiger partial charge >= 0.3 is 0 Å². The van der Waals surface area contributed by atoms with Crippen molar-refractivity contribution in [2.75, 3.05) is 6.61 Å². The molecule has 0 spiro atoms. The van der Waals surface area contributed by atoms with E-state index in [2.05, 4.69) is 39.0 Å². The number of aliphatic hydroxyl groups excluding tert-OH is 1. The highest BCUT2D eigenvalue weighted by Gasteiger charge is 2.40. The first-order valence-electron chi connectivity index (χ1n) is 5.35. The Morgan fingerprint density at radius 1 is 1.43 bits per heavy atom. The monoisotopic (exact) mass is 194 g/mol. The van der Waals surface area contributed by atoms with Crippen LogP contribution in [0.2, 0.25) is 0 Å². The fraction of sp³-hybridized carbons (Fsp3) is 0.692. The number of rotatable bonds is 3. The van der Waals surface area contributed by atoms with Crippen LogP contribution < -0.4 is 0 Å². The molecule has 0 saturated heterocycles. The third-order valence-electron chi connectivity index (χ3n) is 3.81. The van der Waals surface area contributed by atoms with E-state index in [9.17, 15) is 0 Å². The van der Waals surface area contributed by atoms with Crippen LogP contribution >= 0.6 is 0 Å². The quantitative estimate of drug-likeness (QED) is 0.683. The Labute approximate surface area is 87.5 Å². The molecule has 0 radical (unpaired) electrons. The third-order valence-corrected chi connectivity index (χ3v) is 3.81. The molecule has 0 fully saturated rings. The van der Waals surface area contributed by atoms with Gasteiger partial charge in [0.25, 0.3) is 0 Å². The van der Waals surface area contributed by atoms with E-state index >= 15 is 0 Å². The standard InChI is InChI=1S/C13H22O/c1-11(10-14)6-9-13(4)8-5-7-12(13,2)3/h5-7,14H,8-10H2,1-4H3/b11-6+. The van der Waals surface area contributed by atoms with Gasteiger partial charge in [0, 0.05) is 0 Å². The second-order valence-electron chi connectivity index (χ2n) is 5.30. The fourth-order valence-corrected chi connectivity index (χ4v) is 1.89. The van der Waals surface area contributed by atoms with Gasteiger partial charge in [-0.3, -0.25) is 0 Å². The molecule has 0 aromatic rings. The van der Waals surface area contributed by atoms with E-state index in [1.807, 2.05) is 6.92 Å². The molecule has 1 unspecified atom stereocenters. The van der Waals surface area contributed by atoms with Gasteiger partial charge in [0.2, 0.25) is 0 Å². The third kappa shape index (κ3) is 2.09. The lowest BCUT2D eigenvalue weighted by Crippen LogP contribution is -2.29. The molecule has 0 bridgehead atoms. The molecule has 0 aliphatic heterocycles. The zero-order valence-electron chi connectivity index (χ0n) is 9.80.